The van der Waals surface area contributed by atoms with Crippen LogP contribution < -0.4 is 5.32 Å². The van der Waals surface area contributed by atoms with Gasteiger partial charge in [0.05, 0.1) is 6.04 Å². The lowest BCUT2D eigenvalue weighted by molar-refractivity contribution is 0.498. The minimum Gasteiger partial charge on any atom is -0.301 e. The number of fused-ring (bicyclic) bond motifs is 1. The Morgan fingerprint density at radius 3 is 2.71 bits per heavy atom. The molecular formula is C17H24N2S2. The zero-order valence-corrected chi connectivity index (χ0v) is 14.7. The molecule has 2 atom stereocenters. The maximum Gasteiger partial charge on any atom is 0.109 e. The zero-order chi connectivity index (χ0) is 14.8. The second kappa shape index (κ2) is 6.59. The number of thiazole rings is 1. The van der Waals surface area contributed by atoms with Crippen molar-refractivity contribution in [2.45, 2.75) is 65.0 Å². The van der Waals surface area contributed by atoms with Crippen molar-refractivity contribution in [3.8, 4) is 0 Å². The van der Waals surface area contributed by atoms with Gasteiger partial charge in [-0.3, -0.25) is 0 Å². The Hall–Kier alpha value is -0.710. The maximum absolute atomic E-state index is 4.56. The largest absolute Gasteiger partial charge is 0.301 e. The molecule has 114 valence electrons. The molecule has 0 radical (unpaired) electrons. The Morgan fingerprint density at radius 2 is 2.00 bits per heavy atom. The van der Waals surface area contributed by atoms with Crippen molar-refractivity contribution in [2.75, 3.05) is 0 Å². The molecule has 2 aromatic heterocycles. The number of nitrogens with one attached hydrogen (secondary N) is 1. The van der Waals surface area contributed by atoms with Crippen LogP contribution >= 0.6 is 22.7 Å². The van der Waals surface area contributed by atoms with Crippen LogP contribution in [-0.4, -0.2) is 4.98 Å². The fraction of sp³-hybridized carbons (Fsp3) is 0.588. The Labute approximate surface area is 135 Å². The van der Waals surface area contributed by atoms with Crippen LogP contribution in [0.2, 0.25) is 0 Å². The second-order valence-corrected chi connectivity index (χ2v) is 8.25. The molecule has 0 amide bonds. The van der Waals surface area contributed by atoms with E-state index in [4.69, 9.17) is 0 Å². The van der Waals surface area contributed by atoms with E-state index < -0.39 is 0 Å². The van der Waals surface area contributed by atoms with E-state index in [0.717, 1.165) is 6.42 Å². The van der Waals surface area contributed by atoms with E-state index in [9.17, 15) is 0 Å². The summed E-state index contributed by atoms with van der Waals surface area (Å²) in [6.45, 7) is 6.69. The van der Waals surface area contributed by atoms with Gasteiger partial charge in [-0.15, -0.1) is 22.7 Å². The molecule has 1 aliphatic rings. The smallest absolute Gasteiger partial charge is 0.109 e. The van der Waals surface area contributed by atoms with Gasteiger partial charge in [-0.05, 0) is 57.6 Å². The minimum atomic E-state index is 0.324. The van der Waals surface area contributed by atoms with E-state index in [1.807, 2.05) is 28.9 Å². The molecule has 2 heterocycles. The molecule has 0 spiro atoms. The summed E-state index contributed by atoms with van der Waals surface area (Å²) in [6, 6.07) is 3.16. The van der Waals surface area contributed by atoms with Gasteiger partial charge in [0, 0.05) is 26.9 Å². The first kappa shape index (κ1) is 15.2. The molecule has 0 aliphatic heterocycles. The topological polar surface area (TPSA) is 24.9 Å². The predicted octanol–water partition coefficient (Wildman–Crippen LogP) is 5.06. The van der Waals surface area contributed by atoms with Gasteiger partial charge >= 0.3 is 0 Å². The highest BCUT2D eigenvalue weighted by Crippen LogP contribution is 2.34. The lowest BCUT2D eigenvalue weighted by atomic mass is 9.99. The van der Waals surface area contributed by atoms with Gasteiger partial charge < -0.3 is 5.32 Å². The number of hydrogen-bond acceptors (Lipinski definition) is 4. The Bertz CT molecular complexity index is 576. The van der Waals surface area contributed by atoms with Crippen molar-refractivity contribution in [3.63, 3.8) is 0 Å². The Balaban J connectivity index is 1.67. The van der Waals surface area contributed by atoms with Gasteiger partial charge in [0.1, 0.15) is 5.01 Å². The monoisotopic (exact) mass is 320 g/mol. The summed E-state index contributed by atoms with van der Waals surface area (Å²) in [6.07, 6.45) is 8.39. The van der Waals surface area contributed by atoms with Crippen molar-refractivity contribution in [2.24, 2.45) is 0 Å². The molecule has 0 aromatic carbocycles. The molecule has 2 aromatic rings. The summed E-state index contributed by atoms with van der Waals surface area (Å²) >= 11 is 3.85. The molecule has 21 heavy (non-hydrogen) atoms. The molecule has 4 heteroatoms. The second-order valence-electron chi connectivity index (χ2n) is 5.93. The van der Waals surface area contributed by atoms with Crippen LogP contribution in [0.4, 0.5) is 0 Å². The first-order valence-electron chi connectivity index (χ1n) is 7.99. The molecule has 1 N–H and O–H groups in total. The van der Waals surface area contributed by atoms with Crippen LogP contribution in [0.15, 0.2) is 12.3 Å². The fourth-order valence-electron chi connectivity index (χ4n) is 2.94. The highest BCUT2D eigenvalue weighted by Gasteiger charge is 2.19. The lowest BCUT2D eigenvalue weighted by Gasteiger charge is -2.17. The summed E-state index contributed by atoms with van der Waals surface area (Å²) < 4.78 is 0. The van der Waals surface area contributed by atoms with Crippen LogP contribution in [0.1, 0.15) is 70.9 Å². The first-order valence-corrected chi connectivity index (χ1v) is 9.62. The van der Waals surface area contributed by atoms with Crippen LogP contribution in [0.3, 0.4) is 0 Å². The number of aryl methyl sites for hydroxylation is 3. The van der Waals surface area contributed by atoms with E-state index in [0.29, 0.717) is 12.1 Å². The standard InChI is InChI=1S/C17H24N2S2/c1-4-14-10-18-17(20-14)12(3)19-11(2)16-9-13-7-5-6-8-15(13)21-16/h9-12,19H,4-8H2,1-3H3. The van der Waals surface area contributed by atoms with Crippen LogP contribution in [0.25, 0.3) is 0 Å². The highest BCUT2D eigenvalue weighted by molar-refractivity contribution is 7.12. The predicted molar refractivity (Wildman–Crippen MR) is 92.4 cm³/mol. The molecule has 0 fully saturated rings. The van der Waals surface area contributed by atoms with Crippen LogP contribution in [-0.2, 0) is 19.3 Å². The third-order valence-electron chi connectivity index (χ3n) is 4.23. The minimum absolute atomic E-state index is 0.324. The summed E-state index contributed by atoms with van der Waals surface area (Å²) in [7, 11) is 0. The quantitative estimate of drug-likeness (QED) is 0.833. The van der Waals surface area contributed by atoms with Crippen LogP contribution in [0.5, 0.6) is 0 Å². The van der Waals surface area contributed by atoms with E-state index >= 15 is 0 Å². The lowest BCUT2D eigenvalue weighted by Crippen LogP contribution is -2.21. The van der Waals surface area contributed by atoms with Crippen molar-refractivity contribution < 1.29 is 0 Å². The summed E-state index contributed by atoms with van der Waals surface area (Å²) in [5.41, 5.74) is 1.60. The molecule has 0 bridgehead atoms. The molecule has 0 saturated heterocycles. The van der Waals surface area contributed by atoms with Crippen molar-refractivity contribution in [1.29, 1.82) is 0 Å². The Morgan fingerprint density at radius 1 is 1.19 bits per heavy atom. The molecule has 2 nitrogen and oxygen atoms in total. The van der Waals surface area contributed by atoms with Gasteiger partial charge in [-0.25, -0.2) is 4.98 Å². The number of thiophene rings is 1. The molecular weight excluding hydrogens is 296 g/mol. The fourth-order valence-corrected chi connectivity index (χ4v) is 5.08. The molecule has 2 unspecified atom stereocenters. The van der Waals surface area contributed by atoms with E-state index in [1.54, 1.807) is 10.4 Å². The van der Waals surface area contributed by atoms with Gasteiger partial charge in [-0.2, -0.15) is 0 Å². The molecule has 0 saturated carbocycles. The number of nitrogens with zero attached hydrogens (tertiary/aromatic N) is 1. The Kier molecular flexibility index (Phi) is 4.77. The van der Waals surface area contributed by atoms with Crippen molar-refractivity contribution in [3.05, 3.63) is 37.5 Å². The van der Waals surface area contributed by atoms with Gasteiger partial charge in [0.15, 0.2) is 0 Å². The van der Waals surface area contributed by atoms with E-state index in [1.165, 1.54) is 40.4 Å². The van der Waals surface area contributed by atoms with Gasteiger partial charge in [0.2, 0.25) is 0 Å². The third kappa shape index (κ3) is 3.38. The summed E-state index contributed by atoms with van der Waals surface area (Å²) in [5, 5.41) is 4.93. The number of rotatable bonds is 5. The average Bonchev–Trinajstić information content (AvgIpc) is 3.13. The zero-order valence-electron chi connectivity index (χ0n) is 13.1. The maximum atomic E-state index is 4.56. The third-order valence-corrected chi connectivity index (χ3v) is 6.98. The van der Waals surface area contributed by atoms with Gasteiger partial charge in [0.25, 0.3) is 0 Å². The van der Waals surface area contributed by atoms with Crippen LogP contribution in [0, 0.1) is 0 Å². The molecule has 3 rings (SSSR count). The normalized spacial score (nSPS) is 17.5. The average molecular weight is 321 g/mol. The molecule has 1 aliphatic carbocycles. The summed E-state index contributed by atoms with van der Waals surface area (Å²) in [4.78, 5) is 9.04. The highest BCUT2D eigenvalue weighted by atomic mass is 32.1. The van der Waals surface area contributed by atoms with E-state index in [2.05, 4.69) is 37.1 Å². The SMILES string of the molecule is CCc1cnc(C(C)NC(C)c2cc3c(s2)CCCC3)s1. The van der Waals surface area contributed by atoms with Crippen molar-refractivity contribution in [1.82, 2.24) is 10.3 Å². The first-order chi connectivity index (χ1) is 10.2. The van der Waals surface area contributed by atoms with Gasteiger partial charge in [-0.1, -0.05) is 6.92 Å². The van der Waals surface area contributed by atoms with E-state index in [-0.39, 0.29) is 0 Å². The number of aromatic nitrogens is 1. The summed E-state index contributed by atoms with van der Waals surface area (Å²) in [5.74, 6) is 0. The number of hydrogen-bond donors (Lipinski definition) is 1. The van der Waals surface area contributed by atoms with Crippen molar-refractivity contribution >= 4 is 22.7 Å².